The van der Waals surface area contributed by atoms with Crippen LogP contribution in [0.25, 0.3) is 10.9 Å². The highest BCUT2D eigenvalue weighted by molar-refractivity contribution is 5.81. The molecule has 2 aromatic heterocycles. The van der Waals surface area contributed by atoms with Gasteiger partial charge in [-0.2, -0.15) is 5.26 Å². The van der Waals surface area contributed by atoms with Crippen LogP contribution in [-0.2, 0) is 13.6 Å². The molecular formula is C17H16N4. The smallest absolute Gasteiger partial charge is 0.120 e. The fourth-order valence-electron chi connectivity index (χ4n) is 2.41. The lowest BCUT2D eigenvalue weighted by atomic mass is 10.2. The first-order valence-electron chi connectivity index (χ1n) is 6.83. The summed E-state index contributed by atoms with van der Waals surface area (Å²) in [7, 11) is 1.91. The second-order valence-corrected chi connectivity index (χ2v) is 5.08. The Kier molecular flexibility index (Phi) is 3.33. The predicted molar refractivity (Wildman–Crippen MR) is 83.9 cm³/mol. The molecule has 0 spiro atoms. The molecule has 21 heavy (non-hydrogen) atoms. The predicted octanol–water partition coefficient (Wildman–Crippen LogP) is 3.37. The van der Waals surface area contributed by atoms with Gasteiger partial charge >= 0.3 is 0 Å². The monoisotopic (exact) mass is 276 g/mol. The van der Waals surface area contributed by atoms with E-state index in [-0.39, 0.29) is 0 Å². The van der Waals surface area contributed by atoms with Crippen LogP contribution in [-0.4, -0.2) is 9.55 Å². The van der Waals surface area contributed by atoms with Crippen molar-refractivity contribution in [3.8, 4) is 6.07 Å². The van der Waals surface area contributed by atoms with E-state index in [0.29, 0.717) is 12.2 Å². The van der Waals surface area contributed by atoms with Crippen LogP contribution in [0.2, 0.25) is 0 Å². The van der Waals surface area contributed by atoms with E-state index in [1.54, 1.807) is 0 Å². The zero-order valence-electron chi connectivity index (χ0n) is 12.1. The number of anilines is 1. The van der Waals surface area contributed by atoms with E-state index in [1.165, 1.54) is 0 Å². The topological polar surface area (TPSA) is 53.6 Å². The van der Waals surface area contributed by atoms with Crippen LogP contribution in [0.4, 0.5) is 5.69 Å². The molecule has 4 heteroatoms. The molecular weight excluding hydrogens is 260 g/mol. The molecule has 4 nitrogen and oxygen atoms in total. The molecule has 0 unspecified atom stereocenters. The van der Waals surface area contributed by atoms with Gasteiger partial charge in [-0.05, 0) is 30.7 Å². The summed E-state index contributed by atoms with van der Waals surface area (Å²) in [5, 5.41) is 13.5. The summed E-state index contributed by atoms with van der Waals surface area (Å²) in [5.41, 5.74) is 4.89. The zero-order chi connectivity index (χ0) is 14.8. The summed E-state index contributed by atoms with van der Waals surface area (Å²) >= 11 is 0. The minimum Gasteiger partial charge on any atom is -0.380 e. The van der Waals surface area contributed by atoms with Gasteiger partial charge in [0.15, 0.2) is 0 Å². The SMILES string of the molecule is Cc1c(CNc2cnc3ccccc3c2)cc(C#N)n1C. The lowest BCUT2D eigenvalue weighted by Crippen LogP contribution is -2.01. The Morgan fingerprint density at radius 2 is 2.10 bits per heavy atom. The number of aromatic nitrogens is 2. The van der Waals surface area contributed by atoms with Crippen molar-refractivity contribution in [2.24, 2.45) is 7.05 Å². The molecule has 0 atom stereocenters. The van der Waals surface area contributed by atoms with Crippen molar-refractivity contribution < 1.29 is 0 Å². The first kappa shape index (κ1) is 13.2. The average molecular weight is 276 g/mol. The third-order valence-electron chi connectivity index (χ3n) is 3.83. The van der Waals surface area contributed by atoms with E-state index < -0.39 is 0 Å². The molecule has 104 valence electrons. The fourth-order valence-corrected chi connectivity index (χ4v) is 2.41. The normalized spacial score (nSPS) is 10.5. The van der Waals surface area contributed by atoms with E-state index in [0.717, 1.165) is 27.8 Å². The van der Waals surface area contributed by atoms with Gasteiger partial charge < -0.3 is 9.88 Å². The second-order valence-electron chi connectivity index (χ2n) is 5.08. The number of hydrogen-bond acceptors (Lipinski definition) is 3. The minimum absolute atomic E-state index is 0.681. The van der Waals surface area contributed by atoms with Crippen molar-refractivity contribution in [2.45, 2.75) is 13.5 Å². The standard InChI is InChI=1S/C17H16N4/c1-12-14(8-16(9-18)21(12)2)10-19-15-7-13-5-3-4-6-17(13)20-11-15/h3-8,11,19H,10H2,1-2H3. The van der Waals surface area contributed by atoms with E-state index >= 15 is 0 Å². The molecule has 1 aromatic carbocycles. The van der Waals surface area contributed by atoms with Crippen LogP contribution in [0.5, 0.6) is 0 Å². The summed E-state index contributed by atoms with van der Waals surface area (Å²) < 4.78 is 1.91. The summed E-state index contributed by atoms with van der Waals surface area (Å²) in [6.45, 7) is 2.71. The van der Waals surface area contributed by atoms with Crippen LogP contribution in [0, 0.1) is 18.3 Å². The highest BCUT2D eigenvalue weighted by Crippen LogP contribution is 2.18. The maximum Gasteiger partial charge on any atom is 0.120 e. The molecule has 3 aromatic rings. The maximum atomic E-state index is 9.06. The number of para-hydroxylation sites is 1. The molecule has 0 aliphatic heterocycles. The number of hydrogen-bond donors (Lipinski definition) is 1. The maximum absolute atomic E-state index is 9.06. The van der Waals surface area contributed by atoms with Crippen molar-refractivity contribution in [3.63, 3.8) is 0 Å². The van der Waals surface area contributed by atoms with Crippen molar-refractivity contribution in [1.29, 1.82) is 5.26 Å². The molecule has 2 heterocycles. The van der Waals surface area contributed by atoms with Gasteiger partial charge in [-0.25, -0.2) is 0 Å². The lowest BCUT2D eigenvalue weighted by Gasteiger charge is -2.07. The molecule has 0 aliphatic carbocycles. The first-order chi connectivity index (χ1) is 10.2. The molecule has 1 N–H and O–H groups in total. The number of benzene rings is 1. The third-order valence-corrected chi connectivity index (χ3v) is 3.83. The van der Waals surface area contributed by atoms with E-state index in [9.17, 15) is 0 Å². The molecule has 0 fully saturated rings. The highest BCUT2D eigenvalue weighted by atomic mass is 15.0. The van der Waals surface area contributed by atoms with Crippen LogP contribution >= 0.6 is 0 Å². The molecule has 0 saturated carbocycles. The van der Waals surface area contributed by atoms with Gasteiger partial charge in [0.25, 0.3) is 0 Å². The largest absolute Gasteiger partial charge is 0.380 e. The number of nitriles is 1. The number of fused-ring (bicyclic) bond motifs is 1. The molecule has 0 radical (unpaired) electrons. The lowest BCUT2D eigenvalue weighted by molar-refractivity contribution is 0.856. The van der Waals surface area contributed by atoms with E-state index in [1.807, 2.05) is 49.0 Å². The van der Waals surface area contributed by atoms with Gasteiger partial charge in [0, 0.05) is 24.7 Å². The first-order valence-corrected chi connectivity index (χ1v) is 6.83. The van der Waals surface area contributed by atoms with Gasteiger partial charge in [-0.3, -0.25) is 4.98 Å². The van der Waals surface area contributed by atoms with Crippen LogP contribution in [0.1, 0.15) is 17.0 Å². The van der Waals surface area contributed by atoms with E-state index in [4.69, 9.17) is 5.26 Å². The van der Waals surface area contributed by atoms with Crippen LogP contribution < -0.4 is 5.32 Å². The quantitative estimate of drug-likeness (QED) is 0.798. The van der Waals surface area contributed by atoms with Crippen LogP contribution in [0.3, 0.4) is 0 Å². The summed E-state index contributed by atoms with van der Waals surface area (Å²) in [6.07, 6.45) is 1.84. The zero-order valence-corrected chi connectivity index (χ0v) is 12.1. The summed E-state index contributed by atoms with van der Waals surface area (Å²) in [4.78, 5) is 4.43. The average Bonchev–Trinajstić information content (AvgIpc) is 2.80. The van der Waals surface area contributed by atoms with Gasteiger partial charge in [0.2, 0.25) is 0 Å². The second kappa shape index (κ2) is 5.29. The number of pyridine rings is 1. The fraction of sp³-hybridized carbons (Fsp3) is 0.176. The van der Waals surface area contributed by atoms with E-state index in [2.05, 4.69) is 28.5 Å². The highest BCUT2D eigenvalue weighted by Gasteiger charge is 2.08. The minimum atomic E-state index is 0.681. The number of nitrogens with zero attached hydrogens (tertiary/aromatic N) is 3. The van der Waals surface area contributed by atoms with Crippen molar-refractivity contribution in [3.05, 3.63) is 59.5 Å². The Hall–Kier alpha value is -2.80. The van der Waals surface area contributed by atoms with Gasteiger partial charge in [-0.1, -0.05) is 18.2 Å². The van der Waals surface area contributed by atoms with Crippen LogP contribution in [0.15, 0.2) is 42.6 Å². The van der Waals surface area contributed by atoms with Gasteiger partial charge in [-0.15, -0.1) is 0 Å². The number of rotatable bonds is 3. The Bertz CT molecular complexity index is 840. The molecule has 0 amide bonds. The molecule has 0 aliphatic rings. The van der Waals surface area contributed by atoms with Crippen molar-refractivity contribution >= 4 is 16.6 Å². The molecule has 3 rings (SSSR count). The Morgan fingerprint density at radius 1 is 1.29 bits per heavy atom. The van der Waals surface area contributed by atoms with Gasteiger partial charge in [0.1, 0.15) is 11.8 Å². The number of nitrogens with one attached hydrogen (secondary N) is 1. The Labute approximate surface area is 123 Å². The Morgan fingerprint density at radius 3 is 2.86 bits per heavy atom. The van der Waals surface area contributed by atoms with Gasteiger partial charge in [0.05, 0.1) is 17.4 Å². The summed E-state index contributed by atoms with van der Waals surface area (Å²) in [6, 6.07) is 14.3. The molecule has 0 bridgehead atoms. The van der Waals surface area contributed by atoms with Crippen molar-refractivity contribution in [1.82, 2.24) is 9.55 Å². The molecule has 0 saturated heterocycles. The van der Waals surface area contributed by atoms with Crippen molar-refractivity contribution in [2.75, 3.05) is 5.32 Å². The third kappa shape index (κ3) is 2.46. The Balaban J connectivity index is 1.82. The summed E-state index contributed by atoms with van der Waals surface area (Å²) in [5.74, 6) is 0.